The van der Waals surface area contributed by atoms with Crippen molar-refractivity contribution in [1.82, 2.24) is 25.3 Å². The van der Waals surface area contributed by atoms with Gasteiger partial charge in [-0.3, -0.25) is 0 Å². The molecule has 3 aromatic heterocycles. The summed E-state index contributed by atoms with van der Waals surface area (Å²) in [6.07, 6.45) is 2.35. The minimum atomic E-state index is -0.590. The number of fused-ring (bicyclic) bond motifs is 1. The van der Waals surface area contributed by atoms with Crippen LogP contribution in [0.1, 0.15) is 26.5 Å². The molecule has 3 aromatic rings. The number of hydrogen-bond acceptors (Lipinski definition) is 13. The molecule has 0 aliphatic rings. The number of aryl methyl sites for hydroxylation is 1. The summed E-state index contributed by atoms with van der Waals surface area (Å²) in [6, 6.07) is 1.37. The van der Waals surface area contributed by atoms with Gasteiger partial charge in [-0.05, 0) is 27.7 Å². The molecule has 0 radical (unpaired) electrons. The van der Waals surface area contributed by atoms with E-state index in [1.807, 2.05) is 0 Å². The molecule has 17 heteroatoms. The van der Waals surface area contributed by atoms with E-state index < -0.39 is 17.5 Å². The van der Waals surface area contributed by atoms with Crippen molar-refractivity contribution in [3.63, 3.8) is 0 Å². The standard InChI is InChI=1S/C32H44Cl2FN5O9/c1-22-26(33)27(34)29-25(39-22)19-24(35)28(40-29)23-20-37-30(38-21-23)48-18-17-47-16-15-46-14-13-45-12-11-44-10-9-43-8-7-42-6-5-36-31(41)49-32(2,3)4/h19-21H,5-18H2,1-4H3,(H,36,41). The first-order valence-corrected chi connectivity index (χ1v) is 16.5. The zero-order chi connectivity index (χ0) is 35.5. The second-order valence-corrected chi connectivity index (χ2v) is 12.0. The molecule has 14 nitrogen and oxygen atoms in total. The molecule has 3 heterocycles. The Labute approximate surface area is 295 Å². The van der Waals surface area contributed by atoms with Gasteiger partial charge in [-0.1, -0.05) is 23.2 Å². The van der Waals surface area contributed by atoms with Crippen molar-refractivity contribution in [1.29, 1.82) is 0 Å². The Kier molecular flexibility index (Phi) is 18.1. The zero-order valence-electron chi connectivity index (χ0n) is 28.2. The average Bonchev–Trinajstić information content (AvgIpc) is 3.05. The fourth-order valence-corrected chi connectivity index (χ4v) is 4.27. The van der Waals surface area contributed by atoms with E-state index in [0.29, 0.717) is 103 Å². The number of pyridine rings is 2. The Hall–Kier alpha value is -3.02. The molecule has 49 heavy (non-hydrogen) atoms. The highest BCUT2D eigenvalue weighted by molar-refractivity contribution is 6.45. The van der Waals surface area contributed by atoms with Crippen molar-refractivity contribution < 1.29 is 47.1 Å². The van der Waals surface area contributed by atoms with Crippen molar-refractivity contribution >= 4 is 40.3 Å². The van der Waals surface area contributed by atoms with Crippen LogP contribution in [0.15, 0.2) is 18.5 Å². The Morgan fingerprint density at radius 2 is 1.24 bits per heavy atom. The first-order valence-electron chi connectivity index (χ1n) is 15.8. The number of rotatable bonds is 23. The topological polar surface area (TPSA) is 154 Å². The fraction of sp³-hybridized carbons (Fsp3) is 0.594. The summed E-state index contributed by atoms with van der Waals surface area (Å²) in [7, 11) is 0. The molecule has 0 saturated heterocycles. The summed E-state index contributed by atoms with van der Waals surface area (Å²) in [4.78, 5) is 28.3. The van der Waals surface area contributed by atoms with Crippen LogP contribution in [0.5, 0.6) is 6.01 Å². The van der Waals surface area contributed by atoms with Crippen molar-refractivity contribution in [2.45, 2.75) is 33.3 Å². The molecule has 0 aliphatic heterocycles. The number of carbonyl (C=O) groups excluding carboxylic acids is 1. The highest BCUT2D eigenvalue weighted by atomic mass is 35.5. The van der Waals surface area contributed by atoms with Gasteiger partial charge in [-0.15, -0.1) is 0 Å². The van der Waals surface area contributed by atoms with E-state index in [4.69, 9.17) is 61.1 Å². The van der Waals surface area contributed by atoms with Crippen LogP contribution in [-0.2, 0) is 33.2 Å². The third-order valence-corrected chi connectivity index (χ3v) is 7.02. The zero-order valence-corrected chi connectivity index (χ0v) is 29.7. The lowest BCUT2D eigenvalue weighted by Gasteiger charge is -2.19. The van der Waals surface area contributed by atoms with Crippen molar-refractivity contribution in [3.05, 3.63) is 40.0 Å². The maximum Gasteiger partial charge on any atom is 0.407 e. The molecule has 272 valence electrons. The van der Waals surface area contributed by atoms with Gasteiger partial charge in [0.1, 0.15) is 23.4 Å². The maximum absolute atomic E-state index is 14.7. The second-order valence-electron chi connectivity index (χ2n) is 11.2. The van der Waals surface area contributed by atoms with E-state index in [-0.39, 0.29) is 33.9 Å². The first kappa shape index (κ1) is 40.4. The molecule has 1 amide bonds. The first-order chi connectivity index (χ1) is 23.5. The van der Waals surface area contributed by atoms with Crippen molar-refractivity contribution in [2.75, 3.05) is 92.4 Å². The Balaban J connectivity index is 1.10. The Bertz CT molecular complexity index is 1440. The number of ether oxygens (including phenoxy) is 8. The third-order valence-electron chi connectivity index (χ3n) is 6.10. The van der Waals surface area contributed by atoms with Crippen molar-refractivity contribution in [3.8, 4) is 17.3 Å². The number of alkyl carbamates (subject to hydrolysis) is 1. The lowest BCUT2D eigenvalue weighted by molar-refractivity contribution is -0.0178. The number of aromatic nitrogens is 4. The summed E-state index contributed by atoms with van der Waals surface area (Å²) < 4.78 is 58.1. The Morgan fingerprint density at radius 3 is 1.76 bits per heavy atom. The van der Waals surface area contributed by atoms with Gasteiger partial charge in [-0.25, -0.2) is 29.1 Å². The minimum Gasteiger partial charge on any atom is -0.461 e. The molecule has 1 N–H and O–H groups in total. The maximum atomic E-state index is 14.7. The van der Waals surface area contributed by atoms with E-state index in [2.05, 4.69) is 25.3 Å². The van der Waals surface area contributed by atoms with Gasteiger partial charge in [0.2, 0.25) is 0 Å². The second kappa shape index (κ2) is 21.9. The van der Waals surface area contributed by atoms with Crippen LogP contribution in [-0.4, -0.2) is 124 Å². The smallest absolute Gasteiger partial charge is 0.407 e. The number of nitrogens with zero attached hydrogens (tertiary/aromatic N) is 4. The van der Waals surface area contributed by atoms with Gasteiger partial charge in [0.15, 0.2) is 5.82 Å². The number of amides is 1. The molecule has 0 saturated carbocycles. The predicted molar refractivity (Wildman–Crippen MR) is 180 cm³/mol. The van der Waals surface area contributed by atoms with Crippen LogP contribution in [0.25, 0.3) is 22.3 Å². The predicted octanol–water partition coefficient (Wildman–Crippen LogP) is 4.84. The summed E-state index contributed by atoms with van der Waals surface area (Å²) in [6.45, 7) is 12.7. The van der Waals surface area contributed by atoms with E-state index in [1.54, 1.807) is 27.7 Å². The van der Waals surface area contributed by atoms with Gasteiger partial charge in [0.05, 0.1) is 101 Å². The van der Waals surface area contributed by atoms with Crippen LogP contribution < -0.4 is 10.1 Å². The number of halogens is 3. The van der Waals surface area contributed by atoms with E-state index in [0.717, 1.165) is 0 Å². The number of carbonyl (C=O) groups is 1. The minimum absolute atomic E-state index is 0.0225. The quantitative estimate of drug-likeness (QED) is 0.132. The van der Waals surface area contributed by atoms with Crippen LogP contribution in [0.2, 0.25) is 10.0 Å². The number of nitrogens with one attached hydrogen (secondary N) is 1. The van der Waals surface area contributed by atoms with Gasteiger partial charge in [0, 0.05) is 30.6 Å². The highest BCUT2D eigenvalue weighted by Gasteiger charge is 2.17. The Morgan fingerprint density at radius 1 is 0.755 bits per heavy atom. The summed E-state index contributed by atoms with van der Waals surface area (Å²) in [5.41, 5.74) is 0.920. The fourth-order valence-electron chi connectivity index (χ4n) is 3.87. The molecule has 0 bridgehead atoms. The van der Waals surface area contributed by atoms with Crippen LogP contribution in [0.4, 0.5) is 9.18 Å². The highest BCUT2D eigenvalue weighted by Crippen LogP contribution is 2.33. The van der Waals surface area contributed by atoms with Gasteiger partial charge in [-0.2, -0.15) is 0 Å². The van der Waals surface area contributed by atoms with Gasteiger partial charge in [0.25, 0.3) is 0 Å². The largest absolute Gasteiger partial charge is 0.461 e. The molecule has 0 aromatic carbocycles. The van der Waals surface area contributed by atoms with E-state index >= 15 is 0 Å². The molecular weight excluding hydrogens is 688 g/mol. The molecule has 0 spiro atoms. The molecule has 0 aliphatic carbocycles. The molecule has 3 rings (SSSR count). The average molecular weight is 733 g/mol. The molecular formula is C32H44Cl2FN5O9. The van der Waals surface area contributed by atoms with E-state index in [1.165, 1.54) is 18.5 Å². The molecule has 0 fully saturated rings. The lowest BCUT2D eigenvalue weighted by atomic mass is 10.2. The molecule has 0 unspecified atom stereocenters. The normalized spacial score (nSPS) is 11.7. The number of hydrogen-bond donors (Lipinski definition) is 1. The van der Waals surface area contributed by atoms with Gasteiger partial charge >= 0.3 is 12.1 Å². The SMILES string of the molecule is Cc1nc2cc(F)c(-c3cnc(OCCOCCOCCOCCOCCOCCOCCNC(=O)OC(C)(C)C)nc3)nc2c(Cl)c1Cl. The summed E-state index contributed by atoms with van der Waals surface area (Å²) >= 11 is 12.5. The van der Waals surface area contributed by atoms with Gasteiger partial charge < -0.3 is 43.2 Å². The molecule has 0 atom stereocenters. The van der Waals surface area contributed by atoms with Crippen LogP contribution in [0.3, 0.4) is 0 Å². The summed E-state index contributed by atoms with van der Waals surface area (Å²) in [5, 5.41) is 3.09. The third kappa shape index (κ3) is 15.6. The van der Waals surface area contributed by atoms with E-state index in [9.17, 15) is 9.18 Å². The lowest BCUT2D eigenvalue weighted by Crippen LogP contribution is -2.34. The van der Waals surface area contributed by atoms with Crippen LogP contribution in [0, 0.1) is 12.7 Å². The monoisotopic (exact) mass is 731 g/mol. The van der Waals surface area contributed by atoms with Crippen LogP contribution >= 0.6 is 23.2 Å². The summed E-state index contributed by atoms with van der Waals surface area (Å²) in [5.74, 6) is -0.590. The van der Waals surface area contributed by atoms with Crippen molar-refractivity contribution in [2.24, 2.45) is 0 Å².